The van der Waals surface area contributed by atoms with Crippen LogP contribution in [0.15, 0.2) is 59.5 Å². The Bertz CT molecular complexity index is 957. The molecule has 0 aliphatic carbocycles. The number of nitrogens with one attached hydrogen (secondary N) is 1. The Labute approximate surface area is 169 Å². The van der Waals surface area contributed by atoms with Crippen molar-refractivity contribution in [3.05, 3.63) is 66.0 Å². The largest absolute Gasteiger partial charge is 0.339 e. The SMILES string of the molecule is O=C(CCNS(=O)(=O)c1ccc(F)cc1)N1CCN(C(=O)c2ccccc2)CC1. The number of hydrogen-bond acceptors (Lipinski definition) is 4. The van der Waals surface area contributed by atoms with Crippen LogP contribution in [-0.4, -0.2) is 62.8 Å². The summed E-state index contributed by atoms with van der Waals surface area (Å²) in [6, 6.07) is 13.4. The minimum absolute atomic E-state index is 0.00700. The summed E-state index contributed by atoms with van der Waals surface area (Å²) in [6.07, 6.45) is 0.00700. The predicted octanol–water partition coefficient (Wildman–Crippen LogP) is 1.48. The molecule has 2 aromatic rings. The quantitative estimate of drug-likeness (QED) is 0.768. The normalized spacial score (nSPS) is 14.7. The summed E-state index contributed by atoms with van der Waals surface area (Å²) in [5.41, 5.74) is 0.613. The van der Waals surface area contributed by atoms with Crippen molar-refractivity contribution in [2.24, 2.45) is 0 Å². The molecule has 2 aromatic carbocycles. The van der Waals surface area contributed by atoms with Crippen LogP contribution in [0.3, 0.4) is 0 Å². The van der Waals surface area contributed by atoms with Crippen LogP contribution in [0.2, 0.25) is 0 Å². The summed E-state index contributed by atoms with van der Waals surface area (Å²) in [6.45, 7) is 1.62. The number of carbonyl (C=O) groups is 2. The zero-order chi connectivity index (χ0) is 20.9. The summed E-state index contributed by atoms with van der Waals surface area (Å²) >= 11 is 0. The van der Waals surface area contributed by atoms with Crippen molar-refractivity contribution < 1.29 is 22.4 Å². The third-order valence-corrected chi connectivity index (χ3v) is 6.17. The Morgan fingerprint density at radius 2 is 1.48 bits per heavy atom. The zero-order valence-electron chi connectivity index (χ0n) is 15.8. The molecule has 0 bridgehead atoms. The molecule has 1 fully saturated rings. The summed E-state index contributed by atoms with van der Waals surface area (Å²) in [7, 11) is -3.79. The number of amides is 2. The minimum Gasteiger partial charge on any atom is -0.339 e. The molecule has 1 aliphatic rings. The van der Waals surface area contributed by atoms with Gasteiger partial charge in [0.05, 0.1) is 4.90 Å². The molecule has 0 atom stereocenters. The monoisotopic (exact) mass is 419 g/mol. The van der Waals surface area contributed by atoms with Gasteiger partial charge in [0.25, 0.3) is 5.91 Å². The molecule has 154 valence electrons. The second-order valence-electron chi connectivity index (χ2n) is 6.64. The van der Waals surface area contributed by atoms with Crippen LogP contribution in [0, 0.1) is 5.82 Å². The number of hydrogen-bond donors (Lipinski definition) is 1. The first-order valence-electron chi connectivity index (χ1n) is 9.24. The van der Waals surface area contributed by atoms with Crippen molar-refractivity contribution in [3.8, 4) is 0 Å². The zero-order valence-corrected chi connectivity index (χ0v) is 16.6. The van der Waals surface area contributed by atoms with Gasteiger partial charge in [0.15, 0.2) is 0 Å². The third kappa shape index (κ3) is 5.39. The molecule has 1 aliphatic heterocycles. The third-order valence-electron chi connectivity index (χ3n) is 4.70. The van der Waals surface area contributed by atoms with Crippen LogP contribution in [0.25, 0.3) is 0 Å². The lowest BCUT2D eigenvalue weighted by molar-refractivity contribution is -0.132. The highest BCUT2D eigenvalue weighted by molar-refractivity contribution is 7.89. The maximum absolute atomic E-state index is 12.9. The summed E-state index contributed by atoms with van der Waals surface area (Å²) in [4.78, 5) is 28.1. The van der Waals surface area contributed by atoms with Crippen molar-refractivity contribution in [1.29, 1.82) is 0 Å². The number of halogens is 1. The molecule has 29 heavy (non-hydrogen) atoms. The number of rotatable bonds is 6. The number of nitrogens with zero attached hydrogens (tertiary/aromatic N) is 2. The maximum Gasteiger partial charge on any atom is 0.253 e. The number of sulfonamides is 1. The first kappa shape index (κ1) is 20.9. The van der Waals surface area contributed by atoms with Gasteiger partial charge in [0.2, 0.25) is 15.9 Å². The van der Waals surface area contributed by atoms with Gasteiger partial charge in [-0.15, -0.1) is 0 Å². The van der Waals surface area contributed by atoms with E-state index in [-0.39, 0.29) is 29.7 Å². The van der Waals surface area contributed by atoms with Crippen molar-refractivity contribution in [2.45, 2.75) is 11.3 Å². The first-order valence-corrected chi connectivity index (χ1v) is 10.7. The topological polar surface area (TPSA) is 86.8 Å². The molecule has 1 N–H and O–H groups in total. The van der Waals surface area contributed by atoms with Gasteiger partial charge in [-0.05, 0) is 36.4 Å². The molecular weight excluding hydrogens is 397 g/mol. The van der Waals surface area contributed by atoms with Gasteiger partial charge in [-0.2, -0.15) is 0 Å². The van der Waals surface area contributed by atoms with Crippen LogP contribution in [-0.2, 0) is 14.8 Å². The van der Waals surface area contributed by atoms with Crippen LogP contribution >= 0.6 is 0 Å². The van der Waals surface area contributed by atoms with E-state index < -0.39 is 15.8 Å². The minimum atomic E-state index is -3.79. The Morgan fingerprint density at radius 3 is 2.10 bits per heavy atom. The second-order valence-corrected chi connectivity index (χ2v) is 8.41. The van der Waals surface area contributed by atoms with Crippen molar-refractivity contribution >= 4 is 21.8 Å². The molecule has 0 radical (unpaired) electrons. The molecule has 9 heteroatoms. The number of benzene rings is 2. The lowest BCUT2D eigenvalue weighted by atomic mass is 10.2. The van der Waals surface area contributed by atoms with Gasteiger partial charge in [-0.3, -0.25) is 9.59 Å². The molecule has 3 rings (SSSR count). The van der Waals surface area contributed by atoms with E-state index in [0.717, 1.165) is 12.1 Å². The molecule has 0 aromatic heterocycles. The Kier molecular flexibility index (Phi) is 6.60. The molecule has 0 saturated carbocycles. The van der Waals surface area contributed by atoms with Crippen molar-refractivity contribution in [3.63, 3.8) is 0 Å². The molecule has 7 nitrogen and oxygen atoms in total. The van der Waals surface area contributed by atoms with E-state index >= 15 is 0 Å². The van der Waals surface area contributed by atoms with Gasteiger partial charge in [0, 0.05) is 44.7 Å². The highest BCUT2D eigenvalue weighted by atomic mass is 32.2. The fraction of sp³-hybridized carbons (Fsp3) is 0.300. The van der Waals surface area contributed by atoms with Gasteiger partial charge in [-0.1, -0.05) is 18.2 Å². The molecule has 1 heterocycles. The van der Waals surface area contributed by atoms with Crippen LogP contribution in [0.5, 0.6) is 0 Å². The molecule has 2 amide bonds. The summed E-state index contributed by atoms with van der Waals surface area (Å²) < 4.78 is 39.6. The van der Waals surface area contributed by atoms with E-state index in [4.69, 9.17) is 0 Å². The summed E-state index contributed by atoms with van der Waals surface area (Å²) in [5, 5.41) is 0. The fourth-order valence-corrected chi connectivity index (χ4v) is 4.10. The van der Waals surface area contributed by atoms with Crippen LogP contribution < -0.4 is 4.72 Å². The van der Waals surface area contributed by atoms with E-state index in [0.29, 0.717) is 31.7 Å². The standard InChI is InChI=1S/C20H22FN3O4S/c21-17-6-8-18(9-7-17)29(27,28)22-11-10-19(25)23-12-14-24(15-13-23)20(26)16-4-2-1-3-5-16/h1-9,22H,10-15H2. The fourth-order valence-electron chi connectivity index (χ4n) is 3.07. The lowest BCUT2D eigenvalue weighted by Gasteiger charge is -2.35. The highest BCUT2D eigenvalue weighted by Gasteiger charge is 2.25. The Morgan fingerprint density at radius 1 is 0.897 bits per heavy atom. The average Bonchev–Trinajstić information content (AvgIpc) is 2.74. The van der Waals surface area contributed by atoms with Crippen molar-refractivity contribution in [2.75, 3.05) is 32.7 Å². The smallest absolute Gasteiger partial charge is 0.253 e. The average molecular weight is 419 g/mol. The Hall–Kier alpha value is -2.78. The molecule has 1 saturated heterocycles. The number of piperazine rings is 1. The van der Waals surface area contributed by atoms with Gasteiger partial charge >= 0.3 is 0 Å². The molecular formula is C20H22FN3O4S. The molecule has 0 spiro atoms. The first-order chi connectivity index (χ1) is 13.9. The van der Waals surface area contributed by atoms with Crippen LogP contribution in [0.1, 0.15) is 16.8 Å². The second kappa shape index (κ2) is 9.15. The van der Waals surface area contributed by atoms with Crippen molar-refractivity contribution in [1.82, 2.24) is 14.5 Å². The van der Waals surface area contributed by atoms with Gasteiger partial charge in [0.1, 0.15) is 5.82 Å². The maximum atomic E-state index is 12.9. The van der Waals surface area contributed by atoms with Gasteiger partial charge in [-0.25, -0.2) is 17.5 Å². The number of carbonyl (C=O) groups excluding carboxylic acids is 2. The van der Waals surface area contributed by atoms with E-state index in [2.05, 4.69) is 4.72 Å². The van der Waals surface area contributed by atoms with E-state index in [9.17, 15) is 22.4 Å². The van der Waals surface area contributed by atoms with E-state index in [1.54, 1.807) is 34.1 Å². The van der Waals surface area contributed by atoms with E-state index in [1.807, 2.05) is 6.07 Å². The highest BCUT2D eigenvalue weighted by Crippen LogP contribution is 2.11. The Balaban J connectivity index is 1.45. The van der Waals surface area contributed by atoms with Gasteiger partial charge < -0.3 is 9.80 Å². The van der Waals surface area contributed by atoms with E-state index in [1.165, 1.54) is 12.1 Å². The predicted molar refractivity (Wildman–Crippen MR) is 105 cm³/mol. The molecule has 0 unspecified atom stereocenters. The van der Waals surface area contributed by atoms with Crippen LogP contribution in [0.4, 0.5) is 4.39 Å². The summed E-state index contributed by atoms with van der Waals surface area (Å²) in [5.74, 6) is -0.771. The lowest BCUT2D eigenvalue weighted by Crippen LogP contribution is -2.51.